The van der Waals surface area contributed by atoms with Crippen LogP contribution in [0.1, 0.15) is 28.9 Å². The van der Waals surface area contributed by atoms with E-state index in [4.69, 9.17) is 0 Å². The van der Waals surface area contributed by atoms with Crippen molar-refractivity contribution in [3.05, 3.63) is 69.7 Å². The second kappa shape index (κ2) is 6.13. The molecule has 0 aliphatic heterocycles. The molecule has 1 atom stereocenters. The van der Waals surface area contributed by atoms with E-state index in [1.807, 2.05) is 24.3 Å². The molecule has 1 N–H and O–H groups in total. The Morgan fingerprint density at radius 1 is 1.15 bits per heavy atom. The Kier molecular flexibility index (Phi) is 4.49. The zero-order valence-corrected chi connectivity index (χ0v) is 12.2. The molecule has 2 aromatic rings. The first-order valence-corrected chi connectivity index (χ1v) is 6.78. The Balaban J connectivity index is 2.15. The van der Waals surface area contributed by atoms with Gasteiger partial charge in [0, 0.05) is 4.47 Å². The Labute approximate surface area is 123 Å². The van der Waals surface area contributed by atoms with E-state index in [0.717, 1.165) is 28.2 Å². The lowest BCUT2D eigenvalue weighted by Gasteiger charge is -2.14. The third kappa shape index (κ3) is 3.42. The van der Waals surface area contributed by atoms with Crippen LogP contribution < -0.4 is 5.32 Å². The van der Waals surface area contributed by atoms with Gasteiger partial charge in [0.2, 0.25) is 0 Å². The highest BCUT2D eigenvalue weighted by atomic mass is 79.9. The fourth-order valence-corrected chi connectivity index (χ4v) is 2.05. The lowest BCUT2D eigenvalue weighted by atomic mass is 10.1. The highest BCUT2D eigenvalue weighted by Gasteiger charge is 2.15. The molecule has 0 heterocycles. The average Bonchev–Trinajstić information content (AvgIpc) is 2.42. The van der Waals surface area contributed by atoms with Gasteiger partial charge >= 0.3 is 0 Å². The van der Waals surface area contributed by atoms with Gasteiger partial charge in [0.15, 0.2) is 0 Å². The Hall–Kier alpha value is -1.75. The lowest BCUT2D eigenvalue weighted by molar-refractivity contribution is 0.0935. The van der Waals surface area contributed by atoms with Crippen molar-refractivity contribution in [1.29, 1.82) is 0 Å². The summed E-state index contributed by atoms with van der Waals surface area (Å²) in [4.78, 5) is 11.9. The SMILES string of the molecule is C[C@H](NC(=O)c1cc(F)ccc1F)c1ccc(Br)cc1. The van der Waals surface area contributed by atoms with Crippen molar-refractivity contribution in [1.82, 2.24) is 5.32 Å². The Morgan fingerprint density at radius 3 is 2.45 bits per heavy atom. The van der Waals surface area contributed by atoms with Gasteiger partial charge in [-0.1, -0.05) is 28.1 Å². The largest absolute Gasteiger partial charge is 0.345 e. The molecular weight excluding hydrogens is 328 g/mol. The number of carbonyl (C=O) groups is 1. The summed E-state index contributed by atoms with van der Waals surface area (Å²) in [5.41, 5.74) is 0.576. The summed E-state index contributed by atoms with van der Waals surface area (Å²) >= 11 is 3.32. The van der Waals surface area contributed by atoms with Gasteiger partial charge in [0.1, 0.15) is 11.6 Å². The number of amides is 1. The molecule has 20 heavy (non-hydrogen) atoms. The molecule has 2 rings (SSSR count). The lowest BCUT2D eigenvalue weighted by Crippen LogP contribution is -2.27. The maximum absolute atomic E-state index is 13.5. The van der Waals surface area contributed by atoms with Crippen molar-refractivity contribution in [2.24, 2.45) is 0 Å². The molecular formula is C15H12BrF2NO. The van der Waals surface area contributed by atoms with Gasteiger partial charge in [-0.25, -0.2) is 8.78 Å². The van der Waals surface area contributed by atoms with Crippen LogP contribution >= 0.6 is 15.9 Å². The minimum atomic E-state index is -0.744. The summed E-state index contributed by atoms with van der Waals surface area (Å²) in [6.07, 6.45) is 0. The van der Waals surface area contributed by atoms with Gasteiger partial charge in [-0.2, -0.15) is 0 Å². The van der Waals surface area contributed by atoms with Gasteiger partial charge in [-0.3, -0.25) is 4.79 Å². The van der Waals surface area contributed by atoms with Gasteiger partial charge in [-0.05, 0) is 42.8 Å². The van der Waals surface area contributed by atoms with E-state index in [0.29, 0.717) is 0 Å². The number of carbonyl (C=O) groups excluding carboxylic acids is 1. The van der Waals surface area contributed by atoms with Crippen molar-refractivity contribution < 1.29 is 13.6 Å². The molecule has 0 aliphatic carbocycles. The number of nitrogens with one attached hydrogen (secondary N) is 1. The van der Waals surface area contributed by atoms with Gasteiger partial charge in [0.25, 0.3) is 5.91 Å². The Bertz CT molecular complexity index is 628. The van der Waals surface area contributed by atoms with Crippen LogP contribution in [0.5, 0.6) is 0 Å². The minimum Gasteiger partial charge on any atom is -0.345 e. The molecule has 2 nitrogen and oxygen atoms in total. The summed E-state index contributed by atoms with van der Waals surface area (Å²) in [6, 6.07) is 9.88. The summed E-state index contributed by atoms with van der Waals surface area (Å²) in [6.45, 7) is 1.78. The molecule has 0 fully saturated rings. The zero-order chi connectivity index (χ0) is 14.7. The van der Waals surface area contributed by atoms with Crippen LogP contribution in [0.2, 0.25) is 0 Å². The van der Waals surface area contributed by atoms with E-state index in [1.54, 1.807) is 6.92 Å². The number of hydrogen-bond donors (Lipinski definition) is 1. The number of hydrogen-bond acceptors (Lipinski definition) is 1. The topological polar surface area (TPSA) is 29.1 Å². The standard InChI is InChI=1S/C15H12BrF2NO/c1-9(10-2-4-11(16)5-3-10)19-15(20)13-8-12(17)6-7-14(13)18/h2-9H,1H3,(H,19,20)/t9-/m0/s1. The van der Waals surface area contributed by atoms with Crippen molar-refractivity contribution in [2.45, 2.75) is 13.0 Å². The highest BCUT2D eigenvalue weighted by molar-refractivity contribution is 9.10. The molecule has 104 valence electrons. The smallest absolute Gasteiger partial charge is 0.254 e. The molecule has 0 radical (unpaired) electrons. The highest BCUT2D eigenvalue weighted by Crippen LogP contribution is 2.18. The maximum atomic E-state index is 13.5. The predicted octanol–water partition coefficient (Wildman–Crippen LogP) is 4.22. The van der Waals surface area contributed by atoms with E-state index >= 15 is 0 Å². The van der Waals surface area contributed by atoms with Crippen molar-refractivity contribution in [2.75, 3.05) is 0 Å². The van der Waals surface area contributed by atoms with Gasteiger partial charge in [0.05, 0.1) is 11.6 Å². The molecule has 0 saturated carbocycles. The van der Waals surface area contributed by atoms with E-state index in [9.17, 15) is 13.6 Å². The molecule has 0 aromatic heterocycles. The monoisotopic (exact) mass is 339 g/mol. The van der Waals surface area contributed by atoms with E-state index in [2.05, 4.69) is 21.2 Å². The van der Waals surface area contributed by atoms with Crippen LogP contribution in [0.25, 0.3) is 0 Å². The van der Waals surface area contributed by atoms with Crippen LogP contribution in [-0.2, 0) is 0 Å². The molecule has 0 unspecified atom stereocenters. The van der Waals surface area contributed by atoms with Crippen molar-refractivity contribution in [3.63, 3.8) is 0 Å². The minimum absolute atomic E-state index is 0.297. The second-order valence-corrected chi connectivity index (χ2v) is 5.29. The summed E-state index contributed by atoms with van der Waals surface area (Å²) in [7, 11) is 0. The fourth-order valence-electron chi connectivity index (χ4n) is 1.78. The van der Waals surface area contributed by atoms with Crippen LogP contribution in [0.15, 0.2) is 46.9 Å². The Morgan fingerprint density at radius 2 is 1.80 bits per heavy atom. The van der Waals surface area contributed by atoms with E-state index < -0.39 is 17.5 Å². The summed E-state index contributed by atoms with van der Waals surface area (Å²) in [5, 5.41) is 2.64. The van der Waals surface area contributed by atoms with Crippen LogP contribution in [0.3, 0.4) is 0 Å². The van der Waals surface area contributed by atoms with Crippen LogP contribution in [0.4, 0.5) is 8.78 Å². The fraction of sp³-hybridized carbons (Fsp3) is 0.133. The van der Waals surface area contributed by atoms with E-state index in [-0.39, 0.29) is 11.6 Å². The normalized spacial score (nSPS) is 12.0. The first kappa shape index (κ1) is 14.7. The average molecular weight is 340 g/mol. The van der Waals surface area contributed by atoms with Crippen molar-refractivity contribution >= 4 is 21.8 Å². The quantitative estimate of drug-likeness (QED) is 0.891. The first-order valence-electron chi connectivity index (χ1n) is 5.99. The molecule has 0 spiro atoms. The van der Waals surface area contributed by atoms with E-state index in [1.165, 1.54) is 0 Å². The third-order valence-electron chi connectivity index (χ3n) is 2.89. The zero-order valence-electron chi connectivity index (χ0n) is 10.7. The summed E-state index contributed by atoms with van der Waals surface area (Å²) < 4.78 is 27.5. The van der Waals surface area contributed by atoms with Crippen LogP contribution in [-0.4, -0.2) is 5.91 Å². The van der Waals surface area contributed by atoms with Gasteiger partial charge in [-0.15, -0.1) is 0 Å². The van der Waals surface area contributed by atoms with Crippen LogP contribution in [0, 0.1) is 11.6 Å². The van der Waals surface area contributed by atoms with Gasteiger partial charge < -0.3 is 5.32 Å². The number of rotatable bonds is 3. The first-order chi connectivity index (χ1) is 9.47. The maximum Gasteiger partial charge on any atom is 0.254 e. The number of benzene rings is 2. The molecule has 0 bridgehead atoms. The second-order valence-electron chi connectivity index (χ2n) is 4.37. The third-order valence-corrected chi connectivity index (χ3v) is 3.42. The predicted molar refractivity (Wildman–Crippen MR) is 76.4 cm³/mol. The molecule has 1 amide bonds. The molecule has 2 aromatic carbocycles. The molecule has 5 heteroatoms. The molecule has 0 saturated heterocycles. The number of halogens is 3. The van der Waals surface area contributed by atoms with Crippen molar-refractivity contribution in [3.8, 4) is 0 Å². The molecule has 0 aliphatic rings. The summed E-state index contributed by atoms with van der Waals surface area (Å²) in [5.74, 6) is -2.03.